The molecule has 0 spiro atoms. The van der Waals surface area contributed by atoms with Gasteiger partial charge in [-0.2, -0.15) is 0 Å². The van der Waals surface area contributed by atoms with E-state index in [-0.39, 0.29) is 0 Å². The molecule has 0 radical (unpaired) electrons. The van der Waals surface area contributed by atoms with E-state index in [1.54, 1.807) is 5.57 Å². The van der Waals surface area contributed by atoms with E-state index in [4.69, 9.17) is 4.74 Å². The molecule has 1 aliphatic heterocycles. The molecule has 6 heteroatoms. The van der Waals surface area contributed by atoms with Gasteiger partial charge in [0.25, 0.3) is 0 Å². The molecule has 0 aromatic carbocycles. The van der Waals surface area contributed by atoms with Gasteiger partial charge in [0.05, 0.1) is 19.3 Å². The summed E-state index contributed by atoms with van der Waals surface area (Å²) in [7, 11) is 1.85. The summed E-state index contributed by atoms with van der Waals surface area (Å²) in [6.07, 6.45) is 8.77. The summed E-state index contributed by atoms with van der Waals surface area (Å²) in [6, 6.07) is 4.75. The molecular weight excluding hydrogens is 344 g/mol. The van der Waals surface area contributed by atoms with Crippen LogP contribution in [0.25, 0.3) is 0 Å². The lowest BCUT2D eigenvalue weighted by Gasteiger charge is -2.34. The van der Waals surface area contributed by atoms with E-state index >= 15 is 0 Å². The predicted molar refractivity (Wildman–Crippen MR) is 110 cm³/mol. The van der Waals surface area contributed by atoms with Crippen LogP contribution in [-0.4, -0.2) is 57.3 Å². The van der Waals surface area contributed by atoms with E-state index in [2.05, 4.69) is 44.1 Å². The van der Waals surface area contributed by atoms with E-state index in [1.807, 2.05) is 18.4 Å². The lowest BCUT2D eigenvalue weighted by molar-refractivity contribution is 0.0177. The number of guanidine groups is 1. The number of thiophene rings is 1. The third-order valence-electron chi connectivity index (χ3n) is 5.17. The van der Waals surface area contributed by atoms with Crippen molar-refractivity contribution >= 4 is 17.3 Å². The molecule has 2 aliphatic rings. The van der Waals surface area contributed by atoms with Gasteiger partial charge in [0.2, 0.25) is 0 Å². The maximum absolute atomic E-state index is 5.52. The standard InChI is InChI=1S/C20H32N4OS/c1-21-20(22-10-9-17-6-3-2-4-7-17)23-16-18(19-8-5-15-26-19)24-11-13-25-14-12-24/h5-6,8,15,18H,2-4,7,9-14,16H2,1H3,(H2,21,22,23). The normalized spacial score (nSPS) is 20.5. The van der Waals surface area contributed by atoms with E-state index in [9.17, 15) is 0 Å². The number of morpholine rings is 1. The molecule has 0 bridgehead atoms. The van der Waals surface area contributed by atoms with Gasteiger partial charge in [-0.1, -0.05) is 17.7 Å². The molecule has 1 aliphatic carbocycles. The third kappa shape index (κ3) is 5.83. The van der Waals surface area contributed by atoms with Gasteiger partial charge in [0, 0.05) is 38.1 Å². The van der Waals surface area contributed by atoms with Crippen molar-refractivity contribution in [2.75, 3.05) is 46.4 Å². The Morgan fingerprint density at radius 3 is 2.88 bits per heavy atom. The average molecular weight is 377 g/mol. The molecule has 1 aromatic heterocycles. The second-order valence-corrected chi connectivity index (χ2v) is 7.90. The molecule has 2 heterocycles. The van der Waals surface area contributed by atoms with Gasteiger partial charge in [0.15, 0.2) is 5.96 Å². The van der Waals surface area contributed by atoms with Crippen LogP contribution in [0.1, 0.15) is 43.0 Å². The Hall–Kier alpha value is -1.37. The van der Waals surface area contributed by atoms with Crippen LogP contribution in [0.5, 0.6) is 0 Å². The minimum absolute atomic E-state index is 0.374. The van der Waals surface area contributed by atoms with E-state index in [0.29, 0.717) is 6.04 Å². The second kappa shape index (κ2) is 10.7. The summed E-state index contributed by atoms with van der Waals surface area (Å²) in [5, 5.41) is 9.18. The van der Waals surface area contributed by atoms with Crippen LogP contribution in [0.4, 0.5) is 0 Å². The number of allylic oxidation sites excluding steroid dienone is 1. The van der Waals surface area contributed by atoms with E-state index in [1.165, 1.54) is 30.6 Å². The minimum atomic E-state index is 0.374. The highest BCUT2D eigenvalue weighted by Crippen LogP contribution is 2.25. The van der Waals surface area contributed by atoms with Crippen molar-refractivity contribution in [2.45, 2.75) is 38.1 Å². The number of nitrogens with zero attached hydrogens (tertiary/aromatic N) is 2. The molecule has 0 saturated carbocycles. The van der Waals surface area contributed by atoms with Crippen LogP contribution in [0, 0.1) is 0 Å². The van der Waals surface area contributed by atoms with Crippen molar-refractivity contribution in [3.05, 3.63) is 34.0 Å². The average Bonchev–Trinajstić information content (AvgIpc) is 3.23. The van der Waals surface area contributed by atoms with Crippen molar-refractivity contribution in [1.82, 2.24) is 15.5 Å². The van der Waals surface area contributed by atoms with Crippen LogP contribution >= 0.6 is 11.3 Å². The summed E-state index contributed by atoms with van der Waals surface area (Å²) in [4.78, 5) is 8.33. The van der Waals surface area contributed by atoms with Gasteiger partial charge in [-0.15, -0.1) is 11.3 Å². The van der Waals surface area contributed by atoms with Gasteiger partial charge >= 0.3 is 0 Å². The molecule has 0 amide bonds. The fraction of sp³-hybridized carbons (Fsp3) is 0.650. The number of hydrogen-bond acceptors (Lipinski definition) is 4. The van der Waals surface area contributed by atoms with Gasteiger partial charge in [-0.05, 0) is 43.6 Å². The number of nitrogens with one attached hydrogen (secondary N) is 2. The van der Waals surface area contributed by atoms with Gasteiger partial charge < -0.3 is 15.4 Å². The summed E-state index contributed by atoms with van der Waals surface area (Å²) in [6.45, 7) is 5.44. The highest BCUT2D eigenvalue weighted by molar-refractivity contribution is 7.10. The molecule has 1 unspecified atom stereocenters. The zero-order valence-electron chi connectivity index (χ0n) is 15.9. The highest BCUT2D eigenvalue weighted by atomic mass is 32.1. The molecule has 2 N–H and O–H groups in total. The van der Waals surface area contributed by atoms with E-state index < -0.39 is 0 Å². The first-order valence-electron chi connectivity index (χ1n) is 9.84. The first-order chi connectivity index (χ1) is 12.9. The van der Waals surface area contributed by atoms with Gasteiger partial charge in [0.1, 0.15) is 0 Å². The van der Waals surface area contributed by atoms with E-state index in [0.717, 1.165) is 51.8 Å². The lowest BCUT2D eigenvalue weighted by Crippen LogP contribution is -2.46. The zero-order chi connectivity index (χ0) is 18.0. The van der Waals surface area contributed by atoms with Crippen LogP contribution < -0.4 is 10.6 Å². The Balaban J connectivity index is 1.49. The Bertz CT molecular complexity index is 579. The molecule has 1 saturated heterocycles. The van der Waals surface area contributed by atoms with Crippen molar-refractivity contribution in [3.63, 3.8) is 0 Å². The van der Waals surface area contributed by atoms with Crippen molar-refractivity contribution in [1.29, 1.82) is 0 Å². The molecule has 144 valence electrons. The fourth-order valence-corrected chi connectivity index (χ4v) is 4.53. The molecule has 1 aromatic rings. The summed E-state index contributed by atoms with van der Waals surface area (Å²) in [5.41, 5.74) is 1.60. The first kappa shape index (κ1) is 19.4. The maximum Gasteiger partial charge on any atom is 0.191 e. The van der Waals surface area contributed by atoms with Gasteiger partial charge in [-0.3, -0.25) is 9.89 Å². The smallest absolute Gasteiger partial charge is 0.191 e. The van der Waals surface area contributed by atoms with Gasteiger partial charge in [-0.25, -0.2) is 0 Å². The van der Waals surface area contributed by atoms with Crippen LogP contribution in [0.2, 0.25) is 0 Å². The minimum Gasteiger partial charge on any atom is -0.379 e. The molecule has 5 nitrogen and oxygen atoms in total. The summed E-state index contributed by atoms with van der Waals surface area (Å²) >= 11 is 1.83. The lowest BCUT2D eigenvalue weighted by atomic mass is 9.97. The van der Waals surface area contributed by atoms with Crippen molar-refractivity contribution < 1.29 is 4.74 Å². The molecule has 1 atom stereocenters. The number of hydrogen-bond donors (Lipinski definition) is 2. The molecular formula is C20H32N4OS. The Kier molecular flexibility index (Phi) is 7.98. The number of aliphatic imine (C=N–C) groups is 1. The molecule has 1 fully saturated rings. The van der Waals surface area contributed by atoms with Crippen LogP contribution in [-0.2, 0) is 4.74 Å². The van der Waals surface area contributed by atoms with Crippen LogP contribution in [0.15, 0.2) is 34.2 Å². The highest BCUT2D eigenvalue weighted by Gasteiger charge is 2.23. The fourth-order valence-electron chi connectivity index (χ4n) is 3.67. The monoisotopic (exact) mass is 376 g/mol. The Labute approximate surface area is 161 Å². The zero-order valence-corrected chi connectivity index (χ0v) is 16.7. The summed E-state index contributed by atoms with van der Waals surface area (Å²) in [5.74, 6) is 0.899. The molecule has 26 heavy (non-hydrogen) atoms. The summed E-state index contributed by atoms with van der Waals surface area (Å²) < 4.78 is 5.52. The third-order valence-corrected chi connectivity index (χ3v) is 6.14. The van der Waals surface area contributed by atoms with Crippen LogP contribution in [0.3, 0.4) is 0 Å². The predicted octanol–water partition coefficient (Wildman–Crippen LogP) is 3.18. The van der Waals surface area contributed by atoms with Crippen molar-refractivity contribution in [2.24, 2.45) is 4.99 Å². The SMILES string of the molecule is CN=C(NCCC1=CCCCC1)NCC(c1cccs1)N1CCOCC1. The largest absolute Gasteiger partial charge is 0.379 e. The van der Waals surface area contributed by atoms with Crippen molar-refractivity contribution in [3.8, 4) is 0 Å². The molecule has 3 rings (SSSR count). The number of rotatable bonds is 7. The topological polar surface area (TPSA) is 48.9 Å². The number of ether oxygens (including phenoxy) is 1. The maximum atomic E-state index is 5.52. The first-order valence-corrected chi connectivity index (χ1v) is 10.7. The second-order valence-electron chi connectivity index (χ2n) is 6.92. The quantitative estimate of drug-likeness (QED) is 0.436. The Morgan fingerprint density at radius 1 is 1.31 bits per heavy atom. The Morgan fingerprint density at radius 2 is 2.19 bits per heavy atom.